The number of nitrogens with one attached hydrogen (secondary N) is 1. The highest BCUT2D eigenvalue weighted by Crippen LogP contribution is 2.41. The van der Waals surface area contributed by atoms with Crippen LogP contribution in [-0.4, -0.2) is 24.2 Å². The molecule has 0 bridgehead atoms. The van der Waals surface area contributed by atoms with Crippen LogP contribution in [0.4, 0.5) is 0 Å². The van der Waals surface area contributed by atoms with Crippen LogP contribution >= 0.6 is 11.3 Å². The van der Waals surface area contributed by atoms with Crippen molar-refractivity contribution in [2.45, 2.75) is 71.1 Å². The van der Waals surface area contributed by atoms with Crippen LogP contribution in [0.1, 0.15) is 55.1 Å². The van der Waals surface area contributed by atoms with E-state index in [0.717, 1.165) is 18.5 Å². The molecule has 0 radical (unpaired) electrons. The van der Waals surface area contributed by atoms with Crippen molar-refractivity contribution in [3.8, 4) is 0 Å². The number of hydrogen-bond acceptors (Lipinski definition) is 4. The largest absolute Gasteiger partial charge is 0.379 e. The van der Waals surface area contributed by atoms with Gasteiger partial charge in [-0.3, -0.25) is 0 Å². The van der Waals surface area contributed by atoms with Gasteiger partial charge < -0.3 is 10.1 Å². The Morgan fingerprint density at radius 1 is 1.37 bits per heavy atom. The fourth-order valence-electron chi connectivity index (χ4n) is 3.11. The molecule has 1 aliphatic carbocycles. The number of hydrogen-bond donors (Lipinski definition) is 1. The molecule has 19 heavy (non-hydrogen) atoms. The molecule has 3 nitrogen and oxygen atoms in total. The van der Waals surface area contributed by atoms with Gasteiger partial charge in [-0.1, -0.05) is 12.8 Å². The minimum Gasteiger partial charge on any atom is -0.379 e. The van der Waals surface area contributed by atoms with Crippen molar-refractivity contribution in [3.63, 3.8) is 0 Å². The minimum atomic E-state index is -0.0924. The minimum absolute atomic E-state index is 0.0924. The molecule has 2 rings (SSSR count). The molecular weight excluding hydrogens is 256 g/mol. The first-order valence-electron chi connectivity index (χ1n) is 7.24. The quantitative estimate of drug-likeness (QED) is 0.917. The van der Waals surface area contributed by atoms with Gasteiger partial charge in [0.2, 0.25) is 0 Å². The molecule has 108 valence electrons. The molecule has 0 amide bonds. The monoisotopic (exact) mass is 282 g/mol. The zero-order chi connectivity index (χ0) is 14.0. The Labute approximate surface area is 120 Å². The molecule has 2 atom stereocenters. The molecule has 1 saturated carbocycles. The van der Waals surface area contributed by atoms with Crippen molar-refractivity contribution in [1.29, 1.82) is 0 Å². The molecule has 1 heterocycles. The van der Waals surface area contributed by atoms with Crippen LogP contribution in [0.2, 0.25) is 0 Å². The van der Waals surface area contributed by atoms with E-state index in [1.54, 1.807) is 0 Å². The van der Waals surface area contributed by atoms with Crippen molar-refractivity contribution in [1.82, 2.24) is 10.3 Å². The number of aromatic nitrogens is 1. The third-order valence-corrected chi connectivity index (χ3v) is 5.33. The van der Waals surface area contributed by atoms with E-state index in [1.165, 1.54) is 22.7 Å². The molecule has 0 aromatic carbocycles. The van der Waals surface area contributed by atoms with Crippen LogP contribution in [0.15, 0.2) is 0 Å². The first-order valence-corrected chi connectivity index (χ1v) is 8.06. The summed E-state index contributed by atoms with van der Waals surface area (Å²) in [5.74, 6) is 0. The molecular formula is C15H26N2OS. The van der Waals surface area contributed by atoms with Crippen LogP contribution in [0.5, 0.6) is 0 Å². The summed E-state index contributed by atoms with van der Waals surface area (Å²) in [6, 6.07) is 0.431. The van der Waals surface area contributed by atoms with Crippen molar-refractivity contribution in [2.24, 2.45) is 0 Å². The lowest BCUT2D eigenvalue weighted by Gasteiger charge is -2.44. The van der Waals surface area contributed by atoms with Crippen LogP contribution in [0, 0.1) is 13.8 Å². The number of ether oxygens (including phenoxy) is 1. The van der Waals surface area contributed by atoms with Gasteiger partial charge >= 0.3 is 0 Å². The van der Waals surface area contributed by atoms with Gasteiger partial charge in [0.25, 0.3) is 0 Å². The average Bonchev–Trinajstić information content (AvgIpc) is 2.70. The number of nitrogens with zero attached hydrogens (tertiary/aromatic N) is 1. The smallest absolute Gasteiger partial charge is 0.116 e. The number of thiazole rings is 1. The molecule has 1 aromatic rings. The summed E-state index contributed by atoms with van der Waals surface area (Å²) in [7, 11) is 1.83. The zero-order valence-corrected chi connectivity index (χ0v) is 13.6. The molecule has 0 spiro atoms. The predicted molar refractivity (Wildman–Crippen MR) is 80.8 cm³/mol. The molecule has 1 fully saturated rings. The summed E-state index contributed by atoms with van der Waals surface area (Å²) < 4.78 is 5.82. The predicted octanol–water partition coefficient (Wildman–Crippen LogP) is 3.54. The maximum atomic E-state index is 5.82. The third kappa shape index (κ3) is 2.86. The highest BCUT2D eigenvalue weighted by atomic mass is 32.1. The maximum absolute atomic E-state index is 5.82. The van der Waals surface area contributed by atoms with E-state index in [0.29, 0.717) is 6.04 Å². The van der Waals surface area contributed by atoms with Crippen molar-refractivity contribution in [2.75, 3.05) is 7.11 Å². The van der Waals surface area contributed by atoms with Crippen LogP contribution in [0.3, 0.4) is 0 Å². The van der Waals surface area contributed by atoms with Crippen LogP contribution in [0.25, 0.3) is 0 Å². The lowest BCUT2D eigenvalue weighted by molar-refractivity contribution is -0.0194. The van der Waals surface area contributed by atoms with Crippen molar-refractivity contribution >= 4 is 11.3 Å². The van der Waals surface area contributed by atoms with Crippen LogP contribution < -0.4 is 5.32 Å². The van der Waals surface area contributed by atoms with Gasteiger partial charge in [0.1, 0.15) is 5.01 Å². The Bertz CT molecular complexity index is 410. The normalized spacial score (nSPS) is 28.0. The Morgan fingerprint density at radius 2 is 2.11 bits per heavy atom. The molecule has 1 aromatic heterocycles. The van der Waals surface area contributed by atoms with E-state index < -0.39 is 0 Å². The Kier molecular flexibility index (Phi) is 4.64. The number of aryl methyl sites for hydroxylation is 2. The van der Waals surface area contributed by atoms with E-state index in [4.69, 9.17) is 9.72 Å². The molecule has 0 aliphatic heterocycles. The lowest BCUT2D eigenvalue weighted by Crippen LogP contribution is -2.56. The van der Waals surface area contributed by atoms with Crippen LogP contribution in [-0.2, 0) is 10.3 Å². The first kappa shape index (κ1) is 14.9. The summed E-state index contributed by atoms with van der Waals surface area (Å²) in [6.45, 7) is 8.67. The highest BCUT2D eigenvalue weighted by molar-refractivity contribution is 7.11. The SMILES string of the molecule is COC1CCCCC1(NC(C)C)c1nc(C)c(C)s1. The van der Waals surface area contributed by atoms with Gasteiger partial charge in [-0.05, 0) is 40.5 Å². The number of methoxy groups -OCH3 is 1. The molecule has 4 heteroatoms. The maximum Gasteiger partial charge on any atom is 0.116 e. The van der Waals surface area contributed by atoms with E-state index >= 15 is 0 Å². The average molecular weight is 282 g/mol. The summed E-state index contributed by atoms with van der Waals surface area (Å²) in [4.78, 5) is 6.15. The van der Waals surface area contributed by atoms with Crippen molar-refractivity contribution < 1.29 is 4.74 Å². The molecule has 2 unspecified atom stereocenters. The van der Waals surface area contributed by atoms with E-state index in [9.17, 15) is 0 Å². The van der Waals surface area contributed by atoms with Gasteiger partial charge in [-0.25, -0.2) is 4.98 Å². The van der Waals surface area contributed by atoms with E-state index in [1.807, 2.05) is 18.4 Å². The second kappa shape index (κ2) is 5.90. The van der Waals surface area contributed by atoms with E-state index in [2.05, 4.69) is 33.0 Å². The zero-order valence-electron chi connectivity index (χ0n) is 12.7. The van der Waals surface area contributed by atoms with Crippen molar-refractivity contribution in [3.05, 3.63) is 15.6 Å². The first-order chi connectivity index (χ1) is 8.99. The van der Waals surface area contributed by atoms with Gasteiger partial charge in [0.15, 0.2) is 0 Å². The van der Waals surface area contributed by atoms with E-state index in [-0.39, 0.29) is 11.6 Å². The summed E-state index contributed by atoms with van der Waals surface area (Å²) in [5.41, 5.74) is 1.07. The second-order valence-corrected chi connectivity index (χ2v) is 7.10. The number of rotatable bonds is 4. The Morgan fingerprint density at radius 3 is 2.63 bits per heavy atom. The fourth-order valence-corrected chi connectivity index (χ4v) is 4.25. The van der Waals surface area contributed by atoms with Gasteiger partial charge in [-0.2, -0.15) is 0 Å². The van der Waals surface area contributed by atoms with Gasteiger partial charge in [-0.15, -0.1) is 11.3 Å². The Hall–Kier alpha value is -0.450. The second-order valence-electron chi connectivity index (χ2n) is 5.90. The standard InChI is InChI=1S/C15H26N2OS/c1-10(2)17-15(9-7-6-8-13(15)18-5)14-16-11(3)12(4)19-14/h10,13,17H,6-9H2,1-5H3. The summed E-state index contributed by atoms with van der Waals surface area (Å²) in [5, 5.41) is 4.99. The topological polar surface area (TPSA) is 34.1 Å². The molecule has 0 saturated heterocycles. The lowest BCUT2D eigenvalue weighted by atomic mass is 9.78. The highest BCUT2D eigenvalue weighted by Gasteiger charge is 2.45. The Balaban J connectivity index is 2.43. The third-order valence-electron chi connectivity index (χ3n) is 4.08. The molecule has 1 N–H and O–H groups in total. The summed E-state index contributed by atoms with van der Waals surface area (Å²) in [6.07, 6.45) is 4.97. The molecule has 1 aliphatic rings. The van der Waals surface area contributed by atoms with Gasteiger partial charge in [0, 0.05) is 18.0 Å². The summed E-state index contributed by atoms with van der Waals surface area (Å²) >= 11 is 1.83. The fraction of sp³-hybridized carbons (Fsp3) is 0.800. The van der Waals surface area contributed by atoms with Gasteiger partial charge in [0.05, 0.1) is 17.3 Å².